The number of allylic oxidation sites excluding steroid dienone is 2. The normalized spacial score (nSPS) is 20.8. The third-order valence-corrected chi connectivity index (χ3v) is 1.83. The van der Waals surface area contributed by atoms with Crippen LogP contribution in [0.2, 0.25) is 0 Å². The summed E-state index contributed by atoms with van der Waals surface area (Å²) in [6, 6.07) is 0. The lowest BCUT2D eigenvalue weighted by molar-refractivity contribution is 0.530. The number of nitrogens with one attached hydrogen (secondary N) is 2. The summed E-state index contributed by atoms with van der Waals surface area (Å²) >= 11 is 0. The highest BCUT2D eigenvalue weighted by molar-refractivity contribution is 6.00. The minimum absolute atomic E-state index is 0.0536. The van der Waals surface area contributed by atoms with E-state index in [-0.39, 0.29) is 11.8 Å². The minimum atomic E-state index is 0.0536. The second kappa shape index (κ2) is 4.03. The zero-order valence-corrected chi connectivity index (χ0v) is 7.92. The predicted molar refractivity (Wildman–Crippen MR) is 53.2 cm³/mol. The Morgan fingerprint density at radius 3 is 2.69 bits per heavy atom. The monoisotopic (exact) mass is 178 g/mol. The summed E-state index contributed by atoms with van der Waals surface area (Å²) in [5.41, 5.74) is 0.768. The third-order valence-electron chi connectivity index (χ3n) is 1.83. The van der Waals surface area contributed by atoms with Gasteiger partial charge in [-0.1, -0.05) is 25.2 Å². The Morgan fingerprint density at radius 2 is 2.23 bits per heavy atom. The van der Waals surface area contributed by atoms with E-state index in [1.165, 1.54) is 6.92 Å². The highest BCUT2D eigenvalue weighted by atomic mass is 16.5. The fourth-order valence-electron chi connectivity index (χ4n) is 1.11. The van der Waals surface area contributed by atoms with Gasteiger partial charge in [0.05, 0.1) is 0 Å². The van der Waals surface area contributed by atoms with E-state index in [2.05, 4.69) is 6.92 Å². The third kappa shape index (κ3) is 2.86. The van der Waals surface area contributed by atoms with Crippen molar-refractivity contribution in [2.75, 3.05) is 0 Å². The van der Waals surface area contributed by atoms with Crippen LogP contribution < -0.4 is 0 Å². The number of ether oxygens (including phenoxy) is 1. The van der Waals surface area contributed by atoms with Crippen LogP contribution in [0.4, 0.5) is 0 Å². The van der Waals surface area contributed by atoms with Gasteiger partial charge in [0.15, 0.2) is 5.90 Å². The van der Waals surface area contributed by atoms with E-state index in [9.17, 15) is 0 Å². The number of hydrogen-bond donors (Lipinski definition) is 2. The second-order valence-electron chi connectivity index (χ2n) is 3.22. The molecule has 0 heterocycles. The van der Waals surface area contributed by atoms with Crippen molar-refractivity contribution in [1.82, 2.24) is 0 Å². The SMILES string of the molecule is CC(=N)OC(=N)C1=CCC(C)C=C1. The van der Waals surface area contributed by atoms with Gasteiger partial charge in [0.1, 0.15) is 0 Å². The van der Waals surface area contributed by atoms with Crippen LogP contribution in [0.25, 0.3) is 0 Å². The molecular formula is C10H14N2O. The van der Waals surface area contributed by atoms with Crippen molar-refractivity contribution < 1.29 is 4.74 Å². The van der Waals surface area contributed by atoms with Crippen LogP contribution in [0.1, 0.15) is 20.3 Å². The van der Waals surface area contributed by atoms with Gasteiger partial charge in [-0.25, -0.2) is 0 Å². The molecule has 2 N–H and O–H groups in total. The molecule has 0 fully saturated rings. The fraction of sp³-hybridized carbons (Fsp3) is 0.400. The van der Waals surface area contributed by atoms with Gasteiger partial charge < -0.3 is 4.74 Å². The van der Waals surface area contributed by atoms with E-state index in [0.29, 0.717) is 5.92 Å². The van der Waals surface area contributed by atoms with Gasteiger partial charge in [0, 0.05) is 12.5 Å². The molecule has 0 saturated heterocycles. The molecule has 1 aliphatic carbocycles. The molecule has 1 unspecified atom stereocenters. The van der Waals surface area contributed by atoms with Gasteiger partial charge in [0.25, 0.3) is 0 Å². The number of hydrogen-bond acceptors (Lipinski definition) is 3. The summed E-state index contributed by atoms with van der Waals surface area (Å²) in [7, 11) is 0. The standard InChI is InChI=1S/C10H14N2O/c1-7-3-5-9(6-4-7)10(12)13-8(2)11/h3,5-7,11-12H,4H2,1-2H3. The molecule has 1 rings (SSSR count). The molecule has 70 valence electrons. The van der Waals surface area contributed by atoms with Crippen molar-refractivity contribution in [2.24, 2.45) is 5.92 Å². The molecule has 3 heteroatoms. The maximum atomic E-state index is 7.50. The molecule has 13 heavy (non-hydrogen) atoms. The second-order valence-corrected chi connectivity index (χ2v) is 3.22. The van der Waals surface area contributed by atoms with E-state index in [1.807, 2.05) is 18.2 Å². The van der Waals surface area contributed by atoms with E-state index in [0.717, 1.165) is 12.0 Å². The van der Waals surface area contributed by atoms with Crippen LogP contribution >= 0.6 is 0 Å². The lowest BCUT2D eigenvalue weighted by Crippen LogP contribution is -2.11. The Bertz CT molecular complexity index is 289. The van der Waals surface area contributed by atoms with E-state index in [1.54, 1.807) is 0 Å². The minimum Gasteiger partial charge on any atom is -0.426 e. The summed E-state index contributed by atoms with van der Waals surface area (Å²) < 4.78 is 4.87. The summed E-state index contributed by atoms with van der Waals surface area (Å²) in [6.45, 7) is 3.64. The Balaban J connectivity index is 2.59. The van der Waals surface area contributed by atoms with Crippen molar-refractivity contribution in [1.29, 1.82) is 10.8 Å². The summed E-state index contributed by atoms with van der Waals surface area (Å²) in [5.74, 6) is 0.659. The van der Waals surface area contributed by atoms with Crippen molar-refractivity contribution in [3.8, 4) is 0 Å². The molecule has 1 atom stereocenters. The van der Waals surface area contributed by atoms with Gasteiger partial charge in [-0.3, -0.25) is 10.8 Å². The fourth-order valence-corrected chi connectivity index (χ4v) is 1.11. The average Bonchev–Trinajstić information content (AvgIpc) is 2.04. The lowest BCUT2D eigenvalue weighted by Gasteiger charge is -2.12. The molecule has 1 aliphatic rings. The molecule has 0 bridgehead atoms. The zero-order valence-electron chi connectivity index (χ0n) is 7.92. The Labute approximate surface area is 78.1 Å². The van der Waals surface area contributed by atoms with Gasteiger partial charge in [-0.15, -0.1) is 0 Å². The molecule has 3 nitrogen and oxygen atoms in total. The maximum absolute atomic E-state index is 7.50. The van der Waals surface area contributed by atoms with Gasteiger partial charge in [-0.2, -0.15) is 0 Å². The summed E-state index contributed by atoms with van der Waals surface area (Å²) in [6.07, 6.45) is 6.83. The molecule has 0 aromatic carbocycles. The van der Waals surface area contributed by atoms with Gasteiger partial charge >= 0.3 is 0 Å². The summed E-state index contributed by atoms with van der Waals surface area (Å²) in [4.78, 5) is 0. The topological polar surface area (TPSA) is 56.9 Å². The maximum Gasteiger partial charge on any atom is 0.220 e. The van der Waals surface area contributed by atoms with Crippen LogP contribution in [0.15, 0.2) is 23.8 Å². The van der Waals surface area contributed by atoms with Crippen LogP contribution in [0.5, 0.6) is 0 Å². The first-order valence-electron chi connectivity index (χ1n) is 4.30. The van der Waals surface area contributed by atoms with Crippen LogP contribution in [0.3, 0.4) is 0 Å². The van der Waals surface area contributed by atoms with Crippen molar-refractivity contribution in [2.45, 2.75) is 20.3 Å². The predicted octanol–water partition coefficient (Wildman–Crippen LogP) is 2.50. The van der Waals surface area contributed by atoms with Crippen LogP contribution in [0, 0.1) is 16.7 Å². The first-order valence-corrected chi connectivity index (χ1v) is 4.30. The largest absolute Gasteiger partial charge is 0.426 e. The molecular weight excluding hydrogens is 164 g/mol. The summed E-state index contributed by atoms with van der Waals surface area (Å²) in [5, 5.41) is 14.6. The average molecular weight is 178 g/mol. The van der Waals surface area contributed by atoms with Crippen LogP contribution in [-0.4, -0.2) is 11.8 Å². The Kier molecular flexibility index (Phi) is 3.01. The van der Waals surface area contributed by atoms with Crippen molar-refractivity contribution >= 4 is 11.8 Å². The van der Waals surface area contributed by atoms with Gasteiger partial charge in [0.2, 0.25) is 5.90 Å². The highest BCUT2D eigenvalue weighted by Gasteiger charge is 2.09. The molecule has 0 radical (unpaired) electrons. The molecule has 0 aromatic heterocycles. The lowest BCUT2D eigenvalue weighted by atomic mass is 9.98. The number of rotatable bonds is 1. The zero-order chi connectivity index (χ0) is 9.84. The molecule has 0 aromatic rings. The van der Waals surface area contributed by atoms with Crippen molar-refractivity contribution in [3.05, 3.63) is 23.8 Å². The molecule has 0 spiro atoms. The van der Waals surface area contributed by atoms with Crippen LogP contribution in [-0.2, 0) is 4.74 Å². The Morgan fingerprint density at radius 1 is 1.54 bits per heavy atom. The van der Waals surface area contributed by atoms with Gasteiger partial charge in [-0.05, 0) is 12.3 Å². The smallest absolute Gasteiger partial charge is 0.220 e. The molecule has 0 aliphatic heterocycles. The molecule has 0 amide bonds. The molecule has 0 saturated carbocycles. The highest BCUT2D eigenvalue weighted by Crippen LogP contribution is 2.16. The Hall–Kier alpha value is -1.38. The quantitative estimate of drug-likeness (QED) is 0.470. The van der Waals surface area contributed by atoms with E-state index < -0.39 is 0 Å². The first kappa shape index (κ1) is 9.71. The first-order chi connectivity index (χ1) is 6.09. The van der Waals surface area contributed by atoms with E-state index in [4.69, 9.17) is 15.6 Å². The van der Waals surface area contributed by atoms with Crippen molar-refractivity contribution in [3.63, 3.8) is 0 Å². The van der Waals surface area contributed by atoms with E-state index >= 15 is 0 Å².